The van der Waals surface area contributed by atoms with Crippen molar-refractivity contribution in [1.82, 2.24) is 0 Å². The molecule has 0 aliphatic heterocycles. The molecule has 2 unspecified atom stereocenters. The smallest absolute Gasteiger partial charge is 0.210 e. The number of carboxylic acids is 2. The normalized spacial score (nSPS) is 11.9. The molecule has 0 aliphatic rings. The fourth-order valence-electron chi connectivity index (χ4n) is 2.34. The van der Waals surface area contributed by atoms with Crippen molar-refractivity contribution < 1.29 is 38.8 Å². The van der Waals surface area contributed by atoms with Crippen LogP contribution in [0.3, 0.4) is 0 Å². The van der Waals surface area contributed by atoms with E-state index in [9.17, 15) is 19.8 Å². The molecule has 4 aromatic heterocycles. The number of hydrogen-bond acceptors (Lipinski definition) is 6. The topological polar surface area (TPSA) is 129 Å². The zero-order chi connectivity index (χ0) is 21.9. The van der Waals surface area contributed by atoms with Gasteiger partial charge in [0.2, 0.25) is 11.0 Å². The molecule has 0 bridgehead atoms. The Balaban J connectivity index is 0.000000160. The third-order valence-electron chi connectivity index (χ3n) is 3.88. The number of carbonyl (C=O) groups is 2. The third-order valence-corrected chi connectivity index (χ3v) is 3.88. The summed E-state index contributed by atoms with van der Waals surface area (Å²) in [6.45, 7) is 0. The number of nitrogens with zero attached hydrogens (tertiary/aromatic N) is 2. The molecule has 0 radical (unpaired) electrons. The second-order valence-corrected chi connectivity index (χ2v) is 5.99. The molecule has 4 rings (SSSR count). The van der Waals surface area contributed by atoms with E-state index in [2.05, 4.69) is 33.1 Å². The van der Waals surface area contributed by atoms with Gasteiger partial charge in [0.05, 0.1) is 11.9 Å². The fourth-order valence-corrected chi connectivity index (χ4v) is 2.34. The van der Waals surface area contributed by atoms with E-state index in [0.29, 0.717) is 0 Å². The van der Waals surface area contributed by atoms with Crippen molar-refractivity contribution in [3.05, 3.63) is 97.6 Å². The zero-order valence-electron chi connectivity index (χ0n) is 15.8. The first-order chi connectivity index (χ1) is 14.4. The van der Waals surface area contributed by atoms with Gasteiger partial charge in [-0.3, -0.25) is 0 Å². The van der Waals surface area contributed by atoms with E-state index < -0.39 is 24.1 Å². The molecule has 2 atom stereocenters. The second kappa shape index (κ2) is 11.2. The predicted octanol–water partition coefficient (Wildman–Crippen LogP) is -1.94. The number of aromatic nitrogens is 2. The Morgan fingerprint density at radius 1 is 0.600 bits per heavy atom. The molecule has 8 nitrogen and oxygen atoms in total. The Bertz CT molecular complexity index is 898. The quantitative estimate of drug-likeness (QED) is 0.380. The number of pyridine rings is 4. The van der Waals surface area contributed by atoms with E-state index in [1.165, 1.54) is 11.0 Å². The molecule has 4 aromatic rings. The Morgan fingerprint density at radius 2 is 0.867 bits per heavy atom. The summed E-state index contributed by atoms with van der Waals surface area (Å²) in [5, 5.41) is 35.7. The number of fused-ring (bicyclic) bond motifs is 2. The molecule has 0 aromatic carbocycles. The van der Waals surface area contributed by atoms with Crippen molar-refractivity contribution in [3.63, 3.8) is 0 Å². The molecule has 2 N–H and O–H groups in total. The van der Waals surface area contributed by atoms with Gasteiger partial charge in [-0.1, -0.05) is 0 Å². The maximum absolute atomic E-state index is 9.63. The Morgan fingerprint density at radius 3 is 1.07 bits per heavy atom. The van der Waals surface area contributed by atoms with Crippen molar-refractivity contribution in [1.29, 1.82) is 0 Å². The van der Waals surface area contributed by atoms with E-state index in [-0.39, 0.29) is 0 Å². The average molecular weight is 408 g/mol. The highest BCUT2D eigenvalue weighted by Gasteiger charge is 2.17. The SMILES string of the molecule is O=C([O-])C(O)C(O)C(=O)[O-].c1cc[n+]2ccccc2c1.c1cc[n+]2ccccc2c1. The number of carbonyl (C=O) groups excluding carboxylic acids is 2. The zero-order valence-corrected chi connectivity index (χ0v) is 15.8. The Hall–Kier alpha value is -3.88. The van der Waals surface area contributed by atoms with Crippen LogP contribution in [-0.2, 0) is 9.59 Å². The number of carboxylic acid groups (broad SMARTS) is 2. The minimum atomic E-state index is -2.44. The highest BCUT2D eigenvalue weighted by molar-refractivity contribution is 5.80. The Labute approximate surface area is 172 Å². The van der Waals surface area contributed by atoms with Crippen molar-refractivity contribution in [2.75, 3.05) is 0 Å². The van der Waals surface area contributed by atoms with E-state index >= 15 is 0 Å². The van der Waals surface area contributed by atoms with E-state index in [1.54, 1.807) is 0 Å². The average Bonchev–Trinajstić information content (AvgIpc) is 2.79. The summed E-state index contributed by atoms with van der Waals surface area (Å²) in [6.07, 6.45) is 3.27. The lowest BCUT2D eigenvalue weighted by Crippen LogP contribution is -2.51. The Kier molecular flexibility index (Phi) is 8.37. The lowest BCUT2D eigenvalue weighted by molar-refractivity contribution is -0.512. The lowest BCUT2D eigenvalue weighted by Gasteiger charge is -2.18. The van der Waals surface area contributed by atoms with E-state index in [1.807, 2.05) is 73.3 Å². The second-order valence-electron chi connectivity index (χ2n) is 5.99. The molecule has 0 aliphatic carbocycles. The number of rotatable bonds is 3. The fraction of sp³-hybridized carbons (Fsp3) is 0.0909. The van der Waals surface area contributed by atoms with Crippen LogP contribution in [0.1, 0.15) is 0 Å². The van der Waals surface area contributed by atoms with Gasteiger partial charge in [0.1, 0.15) is 12.2 Å². The first kappa shape index (κ1) is 22.4. The van der Waals surface area contributed by atoms with Gasteiger partial charge in [-0.25, -0.2) is 0 Å². The number of aliphatic hydroxyl groups is 2. The van der Waals surface area contributed by atoms with Gasteiger partial charge in [0.25, 0.3) is 0 Å². The first-order valence-electron chi connectivity index (χ1n) is 8.88. The molecule has 0 saturated heterocycles. The van der Waals surface area contributed by atoms with Gasteiger partial charge in [-0.2, -0.15) is 8.80 Å². The van der Waals surface area contributed by atoms with Gasteiger partial charge in [0, 0.05) is 48.5 Å². The summed E-state index contributed by atoms with van der Waals surface area (Å²) >= 11 is 0. The van der Waals surface area contributed by atoms with Crippen molar-refractivity contribution in [2.24, 2.45) is 0 Å². The maximum atomic E-state index is 9.63. The summed E-state index contributed by atoms with van der Waals surface area (Å²) < 4.78 is 4.17. The molecule has 154 valence electrons. The van der Waals surface area contributed by atoms with Gasteiger partial charge < -0.3 is 30.0 Å². The standard InChI is InChI=1S/2C9H8N.C4H6O6/c2*1-3-7-10-8-4-2-6-9(10)5-1;5-1(3(7)8)2(6)4(9)10/h2*1-8H;1-2,5-6H,(H,7,8)(H,9,10)/q2*+1;/p-2. The molecule has 0 spiro atoms. The summed E-state index contributed by atoms with van der Waals surface area (Å²) in [4.78, 5) is 19.3. The van der Waals surface area contributed by atoms with Crippen molar-refractivity contribution in [2.45, 2.75) is 12.2 Å². The molecule has 8 heteroatoms. The van der Waals surface area contributed by atoms with Crippen LogP contribution >= 0.6 is 0 Å². The third kappa shape index (κ3) is 6.62. The summed E-state index contributed by atoms with van der Waals surface area (Å²) in [5.74, 6) is -4.12. The molecule has 30 heavy (non-hydrogen) atoms. The number of aliphatic hydroxyl groups excluding tert-OH is 2. The predicted molar refractivity (Wildman–Crippen MR) is 101 cm³/mol. The highest BCUT2D eigenvalue weighted by atomic mass is 16.4. The van der Waals surface area contributed by atoms with Crippen LogP contribution in [0.2, 0.25) is 0 Å². The largest absolute Gasteiger partial charge is 0.547 e. The first-order valence-corrected chi connectivity index (χ1v) is 8.88. The highest BCUT2D eigenvalue weighted by Crippen LogP contribution is 1.93. The van der Waals surface area contributed by atoms with Gasteiger partial charge in [0.15, 0.2) is 24.8 Å². The molecular formula is C22H20N2O6. The van der Waals surface area contributed by atoms with Crippen LogP contribution in [0.4, 0.5) is 0 Å². The summed E-state index contributed by atoms with van der Waals surface area (Å²) in [5.41, 5.74) is 2.45. The molecule has 0 amide bonds. The molecule has 4 heterocycles. The van der Waals surface area contributed by atoms with Crippen LogP contribution in [-0.4, -0.2) is 34.4 Å². The van der Waals surface area contributed by atoms with Crippen molar-refractivity contribution in [3.8, 4) is 0 Å². The van der Waals surface area contributed by atoms with Crippen LogP contribution in [0.5, 0.6) is 0 Å². The van der Waals surface area contributed by atoms with Gasteiger partial charge in [-0.15, -0.1) is 0 Å². The maximum Gasteiger partial charge on any atom is 0.210 e. The molecule has 0 saturated carbocycles. The van der Waals surface area contributed by atoms with Crippen LogP contribution in [0.25, 0.3) is 11.0 Å². The number of aliphatic carboxylic acids is 2. The monoisotopic (exact) mass is 408 g/mol. The number of hydrogen-bond donors (Lipinski definition) is 2. The summed E-state index contributed by atoms with van der Waals surface area (Å²) in [7, 11) is 0. The molecule has 0 fully saturated rings. The van der Waals surface area contributed by atoms with Crippen molar-refractivity contribution >= 4 is 23.0 Å². The lowest BCUT2D eigenvalue weighted by atomic mass is 10.2. The van der Waals surface area contributed by atoms with Crippen LogP contribution < -0.4 is 19.0 Å². The molecular weight excluding hydrogens is 388 g/mol. The minimum Gasteiger partial charge on any atom is -0.547 e. The summed E-state index contributed by atoms with van der Waals surface area (Å²) in [6, 6.07) is 24.6. The minimum absolute atomic E-state index is 1.23. The van der Waals surface area contributed by atoms with E-state index in [0.717, 1.165) is 0 Å². The van der Waals surface area contributed by atoms with Gasteiger partial charge >= 0.3 is 0 Å². The van der Waals surface area contributed by atoms with Crippen LogP contribution in [0, 0.1) is 0 Å². The van der Waals surface area contributed by atoms with Gasteiger partial charge in [-0.05, 0) is 24.3 Å². The van der Waals surface area contributed by atoms with E-state index in [4.69, 9.17) is 10.2 Å². The van der Waals surface area contributed by atoms with Crippen LogP contribution in [0.15, 0.2) is 97.6 Å².